The molecule has 0 radical (unpaired) electrons. The molecule has 5 aliphatic rings. The highest BCUT2D eigenvalue weighted by Gasteiger charge is 2.67. The molecule has 0 N–H and O–H groups in total. The molecule has 5 nitrogen and oxygen atoms in total. The molecule has 0 aromatic heterocycles. The Morgan fingerprint density at radius 2 is 1.87 bits per heavy atom. The maximum atomic E-state index is 13.8. The number of ether oxygens (including phenoxy) is 1. The Morgan fingerprint density at radius 1 is 1.10 bits per heavy atom. The van der Waals surface area contributed by atoms with Gasteiger partial charge < -0.3 is 4.74 Å². The highest BCUT2D eigenvalue weighted by atomic mass is 16.5. The van der Waals surface area contributed by atoms with Crippen molar-refractivity contribution in [3.8, 4) is 0 Å². The van der Waals surface area contributed by atoms with Gasteiger partial charge >= 0.3 is 5.97 Å². The summed E-state index contributed by atoms with van der Waals surface area (Å²) in [5.41, 5.74) is 0.844. The van der Waals surface area contributed by atoms with Gasteiger partial charge in [0, 0.05) is 25.2 Å². The molecule has 3 fully saturated rings. The van der Waals surface area contributed by atoms with Gasteiger partial charge in [0.05, 0.1) is 12.0 Å². The van der Waals surface area contributed by atoms with Crippen LogP contribution in [0.15, 0.2) is 22.8 Å². The fraction of sp³-hybridized carbons (Fsp3) is 0.692. The largest absolute Gasteiger partial charge is 0.462 e. The van der Waals surface area contributed by atoms with Gasteiger partial charge in [-0.1, -0.05) is 26.8 Å². The Balaban J connectivity index is 1.72. The zero-order chi connectivity index (χ0) is 22.2. The minimum absolute atomic E-state index is 0.0140. The predicted molar refractivity (Wildman–Crippen MR) is 114 cm³/mol. The van der Waals surface area contributed by atoms with Crippen LogP contribution in [0.2, 0.25) is 0 Å². The molecule has 0 amide bonds. The van der Waals surface area contributed by atoms with Crippen LogP contribution in [-0.4, -0.2) is 29.9 Å². The first kappa shape index (κ1) is 20.8. The molecule has 0 aliphatic heterocycles. The first-order valence-electron chi connectivity index (χ1n) is 11.9. The van der Waals surface area contributed by atoms with Crippen molar-refractivity contribution in [1.29, 1.82) is 0 Å². The first-order chi connectivity index (χ1) is 14.7. The third-order valence-corrected chi connectivity index (χ3v) is 9.51. The van der Waals surface area contributed by atoms with Crippen molar-refractivity contribution < 1.29 is 23.9 Å². The number of carbonyl (C=O) groups excluding carboxylic acids is 4. The third kappa shape index (κ3) is 2.49. The van der Waals surface area contributed by atoms with E-state index in [-0.39, 0.29) is 52.7 Å². The predicted octanol–water partition coefficient (Wildman–Crippen LogP) is 4.29. The van der Waals surface area contributed by atoms with Gasteiger partial charge in [0.2, 0.25) is 0 Å². The quantitative estimate of drug-likeness (QED) is 0.499. The van der Waals surface area contributed by atoms with Crippen LogP contribution in [0, 0.1) is 28.1 Å². The van der Waals surface area contributed by atoms with Gasteiger partial charge in [0.15, 0.2) is 5.78 Å². The summed E-state index contributed by atoms with van der Waals surface area (Å²) < 4.78 is 5.48. The topological polar surface area (TPSA) is 77.5 Å². The minimum atomic E-state index is -0.566. The number of hydrogen-bond donors (Lipinski definition) is 0. The molecule has 3 saturated carbocycles. The number of hydrogen-bond acceptors (Lipinski definition) is 5. The zero-order valence-electron chi connectivity index (χ0n) is 18.8. The molecule has 0 aromatic rings. The average molecular weight is 425 g/mol. The molecule has 1 spiro atoms. The molecule has 0 bridgehead atoms. The van der Waals surface area contributed by atoms with E-state index in [1.54, 1.807) is 0 Å². The van der Waals surface area contributed by atoms with Crippen molar-refractivity contribution in [2.75, 3.05) is 6.61 Å². The number of Topliss-reactive ketones (excluding diaryl/α,β-unsaturated/α-hetero) is 3. The van der Waals surface area contributed by atoms with E-state index in [9.17, 15) is 19.2 Å². The molecular formula is C26H32O5. The molecule has 3 unspecified atom stereocenters. The van der Waals surface area contributed by atoms with Gasteiger partial charge in [0.1, 0.15) is 17.1 Å². The molecule has 5 atom stereocenters. The normalized spacial score (nSPS) is 41.4. The maximum Gasteiger partial charge on any atom is 0.342 e. The summed E-state index contributed by atoms with van der Waals surface area (Å²) in [6.07, 6.45) is 8.01. The summed E-state index contributed by atoms with van der Waals surface area (Å²) in [4.78, 5) is 52.6. The van der Waals surface area contributed by atoms with Gasteiger partial charge in [-0.3, -0.25) is 14.4 Å². The van der Waals surface area contributed by atoms with Crippen molar-refractivity contribution in [3.05, 3.63) is 22.8 Å². The van der Waals surface area contributed by atoms with E-state index in [1.165, 1.54) is 0 Å². The minimum Gasteiger partial charge on any atom is -0.462 e. The number of carbonyl (C=O) groups is 4. The van der Waals surface area contributed by atoms with E-state index in [1.807, 2.05) is 6.92 Å². The van der Waals surface area contributed by atoms with E-state index < -0.39 is 17.3 Å². The Kier molecular flexibility index (Phi) is 4.52. The lowest BCUT2D eigenvalue weighted by Gasteiger charge is -2.55. The smallest absolute Gasteiger partial charge is 0.342 e. The molecule has 31 heavy (non-hydrogen) atoms. The van der Waals surface area contributed by atoms with Gasteiger partial charge in [-0.25, -0.2) is 4.79 Å². The molecular weight excluding hydrogens is 392 g/mol. The fourth-order valence-corrected chi connectivity index (χ4v) is 7.72. The van der Waals surface area contributed by atoms with Crippen LogP contribution in [0.1, 0.15) is 78.6 Å². The molecule has 0 aromatic carbocycles. The number of esters is 1. The van der Waals surface area contributed by atoms with Crippen molar-refractivity contribution in [2.45, 2.75) is 78.6 Å². The van der Waals surface area contributed by atoms with Crippen LogP contribution in [0.3, 0.4) is 0 Å². The second-order valence-corrected chi connectivity index (χ2v) is 10.9. The van der Waals surface area contributed by atoms with Gasteiger partial charge in [0.25, 0.3) is 0 Å². The van der Waals surface area contributed by atoms with Gasteiger partial charge in [-0.15, -0.1) is 0 Å². The van der Waals surface area contributed by atoms with Crippen LogP contribution in [0.4, 0.5) is 0 Å². The molecule has 5 heteroatoms. The second-order valence-electron chi connectivity index (χ2n) is 10.9. The van der Waals surface area contributed by atoms with E-state index >= 15 is 0 Å². The van der Waals surface area contributed by atoms with E-state index in [4.69, 9.17) is 4.74 Å². The van der Waals surface area contributed by atoms with Gasteiger partial charge in [-0.05, 0) is 66.4 Å². The Bertz CT molecular complexity index is 970. The highest BCUT2D eigenvalue weighted by Crippen LogP contribution is 2.71. The summed E-state index contributed by atoms with van der Waals surface area (Å²) in [5.74, 6) is -0.881. The Morgan fingerprint density at radius 3 is 2.61 bits per heavy atom. The van der Waals surface area contributed by atoms with E-state index in [0.29, 0.717) is 25.7 Å². The van der Waals surface area contributed by atoms with Crippen LogP contribution in [-0.2, 0) is 23.9 Å². The lowest BCUT2D eigenvalue weighted by molar-refractivity contribution is -0.146. The summed E-state index contributed by atoms with van der Waals surface area (Å²) in [6, 6.07) is 0. The average Bonchev–Trinajstić information content (AvgIpc) is 3.18. The lowest BCUT2D eigenvalue weighted by atomic mass is 9.46. The van der Waals surface area contributed by atoms with Crippen LogP contribution < -0.4 is 0 Å². The maximum absolute atomic E-state index is 13.8. The fourth-order valence-electron chi connectivity index (χ4n) is 7.72. The summed E-state index contributed by atoms with van der Waals surface area (Å²) in [6.45, 7) is 6.51. The first-order valence-corrected chi connectivity index (χ1v) is 11.9. The summed E-state index contributed by atoms with van der Waals surface area (Å²) in [5, 5.41) is 0. The SMILES string of the molecule is CCCOC(=O)C1=C2C3=CC[C@@]4(C)CCC(=O)[C@@]34CCC2C2(C)CCC(=O)CC2C1=O. The number of allylic oxidation sites excluding steroid dienone is 3. The molecule has 5 rings (SSSR count). The second kappa shape index (κ2) is 6.73. The van der Waals surface area contributed by atoms with Crippen molar-refractivity contribution in [2.24, 2.45) is 28.1 Å². The van der Waals surface area contributed by atoms with Crippen molar-refractivity contribution in [1.82, 2.24) is 0 Å². The summed E-state index contributed by atoms with van der Waals surface area (Å²) in [7, 11) is 0. The zero-order valence-corrected chi connectivity index (χ0v) is 18.8. The number of ketones is 3. The van der Waals surface area contributed by atoms with Crippen molar-refractivity contribution >= 4 is 23.3 Å². The molecule has 0 heterocycles. The Labute approximate surface area is 183 Å². The van der Waals surface area contributed by atoms with Crippen molar-refractivity contribution in [3.63, 3.8) is 0 Å². The standard InChI is InChI=1S/C26H32O5/c1-4-13-31-23(30)21-20-16(25(3)11-5-15(27)14-18(25)22(21)29)7-12-26-17(20)6-9-24(26,2)10-8-19(26)28/h6,16,18H,4-5,7-14H2,1-3H3/t16?,18?,24-,25?,26+/m0/s1. The summed E-state index contributed by atoms with van der Waals surface area (Å²) >= 11 is 0. The highest BCUT2D eigenvalue weighted by molar-refractivity contribution is 6.21. The van der Waals surface area contributed by atoms with E-state index in [0.717, 1.165) is 36.8 Å². The van der Waals surface area contributed by atoms with Crippen LogP contribution >= 0.6 is 0 Å². The molecule has 166 valence electrons. The van der Waals surface area contributed by atoms with Crippen LogP contribution in [0.5, 0.6) is 0 Å². The Hall–Kier alpha value is -2.04. The van der Waals surface area contributed by atoms with E-state index in [2.05, 4.69) is 19.9 Å². The van der Waals surface area contributed by atoms with Crippen LogP contribution in [0.25, 0.3) is 0 Å². The number of fused-ring (bicyclic) bond motifs is 4. The number of rotatable bonds is 3. The molecule has 0 saturated heterocycles. The van der Waals surface area contributed by atoms with Gasteiger partial charge in [-0.2, -0.15) is 0 Å². The lowest BCUT2D eigenvalue weighted by Crippen LogP contribution is -2.54. The third-order valence-electron chi connectivity index (χ3n) is 9.51. The molecule has 5 aliphatic carbocycles. The monoisotopic (exact) mass is 424 g/mol.